The molecular formula is C13H17N3O2S. The Hall–Kier alpha value is -1.66. The third kappa shape index (κ3) is 3.42. The van der Waals surface area contributed by atoms with Crippen molar-refractivity contribution in [3.63, 3.8) is 0 Å². The number of amides is 1. The molecule has 0 spiro atoms. The van der Waals surface area contributed by atoms with Gasteiger partial charge in [-0.05, 0) is 32.9 Å². The first-order valence-electron chi connectivity index (χ1n) is 6.15. The molecule has 0 bridgehead atoms. The predicted octanol–water partition coefficient (Wildman–Crippen LogP) is 2.81. The zero-order valence-electron chi connectivity index (χ0n) is 11.2. The molecule has 19 heavy (non-hydrogen) atoms. The minimum absolute atomic E-state index is 0.192. The Kier molecular flexibility index (Phi) is 4.34. The number of aryl methyl sites for hydroxylation is 1. The Morgan fingerprint density at radius 2 is 2.37 bits per heavy atom. The van der Waals surface area contributed by atoms with Gasteiger partial charge in [-0.2, -0.15) is 5.10 Å². The van der Waals surface area contributed by atoms with Crippen molar-refractivity contribution in [2.45, 2.75) is 26.9 Å². The SMILES string of the molecule is CCO[C@H](C)C(=O)Nc1cc(-c2ccc(C)s2)[nH]n1. The van der Waals surface area contributed by atoms with E-state index < -0.39 is 6.10 Å². The van der Waals surface area contributed by atoms with Gasteiger partial charge in [-0.15, -0.1) is 11.3 Å². The van der Waals surface area contributed by atoms with Gasteiger partial charge in [0.2, 0.25) is 0 Å². The molecule has 2 heterocycles. The summed E-state index contributed by atoms with van der Waals surface area (Å²) < 4.78 is 5.22. The Morgan fingerprint density at radius 3 is 3.00 bits per heavy atom. The van der Waals surface area contributed by atoms with Gasteiger partial charge in [-0.25, -0.2) is 0 Å². The van der Waals surface area contributed by atoms with Gasteiger partial charge < -0.3 is 10.1 Å². The van der Waals surface area contributed by atoms with Crippen LogP contribution in [-0.4, -0.2) is 28.8 Å². The zero-order valence-corrected chi connectivity index (χ0v) is 12.0. The van der Waals surface area contributed by atoms with Crippen molar-refractivity contribution in [2.24, 2.45) is 0 Å². The van der Waals surface area contributed by atoms with Crippen molar-refractivity contribution in [2.75, 3.05) is 11.9 Å². The Bertz CT molecular complexity index is 562. The van der Waals surface area contributed by atoms with Crippen LogP contribution in [0.2, 0.25) is 0 Å². The van der Waals surface area contributed by atoms with Crippen LogP contribution >= 0.6 is 11.3 Å². The van der Waals surface area contributed by atoms with Gasteiger partial charge in [0.25, 0.3) is 5.91 Å². The number of carbonyl (C=O) groups is 1. The van der Waals surface area contributed by atoms with Crippen LogP contribution in [0.4, 0.5) is 5.82 Å². The quantitative estimate of drug-likeness (QED) is 0.884. The number of thiophene rings is 1. The number of aromatic nitrogens is 2. The fraction of sp³-hybridized carbons (Fsp3) is 0.385. The second-order valence-corrected chi connectivity index (χ2v) is 5.45. The number of H-pyrrole nitrogens is 1. The van der Waals surface area contributed by atoms with Crippen molar-refractivity contribution in [1.82, 2.24) is 10.2 Å². The van der Waals surface area contributed by atoms with Crippen LogP contribution in [0.25, 0.3) is 10.6 Å². The van der Waals surface area contributed by atoms with Crippen LogP contribution in [0.1, 0.15) is 18.7 Å². The van der Waals surface area contributed by atoms with Crippen molar-refractivity contribution in [3.05, 3.63) is 23.1 Å². The first-order chi connectivity index (χ1) is 9.10. The van der Waals surface area contributed by atoms with E-state index in [1.54, 1.807) is 18.3 Å². The second-order valence-electron chi connectivity index (χ2n) is 4.16. The maximum Gasteiger partial charge on any atom is 0.254 e. The van der Waals surface area contributed by atoms with Crippen LogP contribution in [0.5, 0.6) is 0 Å². The zero-order chi connectivity index (χ0) is 13.8. The van der Waals surface area contributed by atoms with E-state index in [0.29, 0.717) is 12.4 Å². The van der Waals surface area contributed by atoms with E-state index in [0.717, 1.165) is 10.6 Å². The van der Waals surface area contributed by atoms with Crippen LogP contribution in [-0.2, 0) is 9.53 Å². The summed E-state index contributed by atoms with van der Waals surface area (Å²) in [6.07, 6.45) is -0.478. The summed E-state index contributed by atoms with van der Waals surface area (Å²) in [5.41, 5.74) is 0.900. The summed E-state index contributed by atoms with van der Waals surface area (Å²) in [6, 6.07) is 5.90. The maximum atomic E-state index is 11.8. The molecule has 2 aromatic rings. The molecule has 0 aliphatic heterocycles. The number of aromatic amines is 1. The monoisotopic (exact) mass is 279 g/mol. The lowest BCUT2D eigenvalue weighted by atomic mass is 10.3. The molecule has 1 atom stereocenters. The first-order valence-corrected chi connectivity index (χ1v) is 6.96. The Labute approximate surface area is 116 Å². The molecule has 0 aliphatic rings. The molecule has 2 N–H and O–H groups in total. The van der Waals surface area contributed by atoms with Gasteiger partial charge in [0.1, 0.15) is 6.10 Å². The molecule has 2 rings (SSSR count). The van der Waals surface area contributed by atoms with Gasteiger partial charge >= 0.3 is 0 Å². The Morgan fingerprint density at radius 1 is 1.58 bits per heavy atom. The molecule has 2 aromatic heterocycles. The van der Waals surface area contributed by atoms with Gasteiger partial charge in [-0.1, -0.05) is 0 Å². The smallest absolute Gasteiger partial charge is 0.254 e. The van der Waals surface area contributed by atoms with Crippen LogP contribution < -0.4 is 5.32 Å². The number of hydrogen-bond donors (Lipinski definition) is 2. The molecule has 0 aromatic carbocycles. The van der Waals surface area contributed by atoms with Crippen LogP contribution in [0.15, 0.2) is 18.2 Å². The molecule has 5 nitrogen and oxygen atoms in total. The molecule has 102 valence electrons. The average molecular weight is 279 g/mol. The molecule has 0 unspecified atom stereocenters. The minimum Gasteiger partial charge on any atom is -0.369 e. The fourth-order valence-electron chi connectivity index (χ4n) is 1.64. The highest BCUT2D eigenvalue weighted by molar-refractivity contribution is 7.15. The molecule has 0 fully saturated rings. The molecule has 0 radical (unpaired) electrons. The van der Waals surface area contributed by atoms with Crippen molar-refractivity contribution >= 4 is 23.1 Å². The summed E-state index contributed by atoms with van der Waals surface area (Å²) in [6.45, 7) is 6.14. The van der Waals surface area contributed by atoms with E-state index in [2.05, 4.69) is 28.5 Å². The Balaban J connectivity index is 2.03. The van der Waals surface area contributed by atoms with E-state index in [1.807, 2.05) is 19.1 Å². The number of ether oxygens (including phenoxy) is 1. The predicted molar refractivity (Wildman–Crippen MR) is 76.4 cm³/mol. The molecule has 0 saturated heterocycles. The van der Waals surface area contributed by atoms with Crippen LogP contribution in [0.3, 0.4) is 0 Å². The highest BCUT2D eigenvalue weighted by Crippen LogP contribution is 2.27. The van der Waals surface area contributed by atoms with Gasteiger partial charge in [0, 0.05) is 17.6 Å². The summed E-state index contributed by atoms with van der Waals surface area (Å²) in [5, 5.41) is 9.72. The topological polar surface area (TPSA) is 67.0 Å². The summed E-state index contributed by atoms with van der Waals surface area (Å²) in [4.78, 5) is 14.1. The first kappa shape index (κ1) is 13.8. The standard InChI is InChI=1S/C13H17N3O2S/c1-4-18-9(3)13(17)14-12-7-10(15-16-12)11-6-5-8(2)19-11/h5-7,9H,4H2,1-3H3,(H2,14,15,16,17)/t9-/m1/s1. The highest BCUT2D eigenvalue weighted by Gasteiger charge is 2.14. The third-order valence-electron chi connectivity index (χ3n) is 2.62. The highest BCUT2D eigenvalue weighted by atomic mass is 32.1. The summed E-state index contributed by atoms with van der Waals surface area (Å²) >= 11 is 1.68. The number of carbonyl (C=O) groups excluding carboxylic acids is 1. The maximum absolute atomic E-state index is 11.8. The number of nitrogens with one attached hydrogen (secondary N) is 2. The fourth-order valence-corrected chi connectivity index (χ4v) is 2.48. The van der Waals surface area contributed by atoms with Gasteiger partial charge in [0.05, 0.1) is 10.6 Å². The van der Waals surface area contributed by atoms with E-state index in [1.165, 1.54) is 4.88 Å². The molecule has 0 saturated carbocycles. The number of nitrogens with zero attached hydrogens (tertiary/aromatic N) is 1. The average Bonchev–Trinajstić information content (AvgIpc) is 2.98. The lowest BCUT2D eigenvalue weighted by molar-refractivity contribution is -0.126. The van der Waals surface area contributed by atoms with Crippen molar-refractivity contribution in [3.8, 4) is 10.6 Å². The summed E-state index contributed by atoms with van der Waals surface area (Å²) in [7, 11) is 0. The number of rotatable bonds is 5. The van der Waals surface area contributed by atoms with E-state index in [9.17, 15) is 4.79 Å². The number of hydrogen-bond acceptors (Lipinski definition) is 4. The second kappa shape index (κ2) is 5.99. The van der Waals surface area contributed by atoms with Gasteiger partial charge in [-0.3, -0.25) is 9.89 Å². The molecule has 1 amide bonds. The lowest BCUT2D eigenvalue weighted by Gasteiger charge is -2.09. The minimum atomic E-state index is -0.478. The third-order valence-corrected chi connectivity index (χ3v) is 3.65. The lowest BCUT2D eigenvalue weighted by Crippen LogP contribution is -2.27. The van der Waals surface area contributed by atoms with E-state index >= 15 is 0 Å². The number of anilines is 1. The molecule has 6 heteroatoms. The normalized spacial score (nSPS) is 12.4. The van der Waals surface area contributed by atoms with Crippen LogP contribution in [0, 0.1) is 6.92 Å². The van der Waals surface area contributed by atoms with Crippen molar-refractivity contribution in [1.29, 1.82) is 0 Å². The van der Waals surface area contributed by atoms with Gasteiger partial charge in [0.15, 0.2) is 5.82 Å². The molecular weight excluding hydrogens is 262 g/mol. The molecule has 0 aliphatic carbocycles. The summed E-state index contributed by atoms with van der Waals surface area (Å²) in [5.74, 6) is 0.319. The van der Waals surface area contributed by atoms with Crippen molar-refractivity contribution < 1.29 is 9.53 Å². The largest absolute Gasteiger partial charge is 0.369 e. The van der Waals surface area contributed by atoms with E-state index in [-0.39, 0.29) is 5.91 Å². The van der Waals surface area contributed by atoms with E-state index in [4.69, 9.17) is 4.74 Å².